The van der Waals surface area contributed by atoms with Gasteiger partial charge < -0.3 is 9.80 Å². The lowest BCUT2D eigenvalue weighted by molar-refractivity contribution is 0.0984. The molecule has 4 nitrogen and oxygen atoms in total. The van der Waals surface area contributed by atoms with Crippen LogP contribution in [0.5, 0.6) is 0 Å². The number of benzene rings is 2. The molecular weight excluding hydrogens is 382 g/mol. The second kappa shape index (κ2) is 9.57. The summed E-state index contributed by atoms with van der Waals surface area (Å²) in [5.41, 5.74) is 3.26. The van der Waals surface area contributed by atoms with Crippen LogP contribution in [0.1, 0.15) is 35.5 Å². The molecule has 3 rings (SSSR count). The highest BCUT2D eigenvalue weighted by Gasteiger charge is 2.20. The van der Waals surface area contributed by atoms with Gasteiger partial charge in [0.2, 0.25) is 0 Å². The molecule has 0 saturated carbocycles. The second-order valence-electron chi connectivity index (χ2n) is 6.84. The first kappa shape index (κ1) is 20.9. The average Bonchev–Trinajstić information content (AvgIpc) is 2.74. The topological polar surface area (TPSA) is 36.4 Å². The van der Waals surface area contributed by atoms with Gasteiger partial charge >= 0.3 is 0 Å². The van der Waals surface area contributed by atoms with Gasteiger partial charge in [0.1, 0.15) is 5.82 Å². The highest BCUT2D eigenvalue weighted by molar-refractivity contribution is 6.30. The van der Waals surface area contributed by atoms with Crippen LogP contribution in [0.2, 0.25) is 5.02 Å². The van der Waals surface area contributed by atoms with Crippen molar-refractivity contribution in [1.82, 2.24) is 4.98 Å². The summed E-state index contributed by atoms with van der Waals surface area (Å²) < 4.78 is 0. The maximum absolute atomic E-state index is 13.4. The number of anilines is 2. The Morgan fingerprint density at radius 1 is 0.931 bits per heavy atom. The van der Waals surface area contributed by atoms with E-state index in [2.05, 4.69) is 18.7 Å². The van der Waals surface area contributed by atoms with Crippen LogP contribution in [-0.4, -0.2) is 24.0 Å². The summed E-state index contributed by atoms with van der Waals surface area (Å²) in [4.78, 5) is 22.2. The van der Waals surface area contributed by atoms with E-state index in [0.717, 1.165) is 35.9 Å². The molecule has 0 saturated heterocycles. The minimum Gasteiger partial charge on any atom is -0.357 e. The maximum Gasteiger partial charge on any atom is 0.258 e. The summed E-state index contributed by atoms with van der Waals surface area (Å²) in [7, 11) is 0. The molecule has 0 N–H and O–H groups in total. The van der Waals surface area contributed by atoms with Gasteiger partial charge in [-0.3, -0.25) is 4.79 Å². The van der Waals surface area contributed by atoms with E-state index < -0.39 is 0 Å². The quantitative estimate of drug-likeness (QED) is 0.501. The van der Waals surface area contributed by atoms with E-state index in [9.17, 15) is 4.79 Å². The Balaban J connectivity index is 1.98. The van der Waals surface area contributed by atoms with E-state index >= 15 is 0 Å². The Hall–Kier alpha value is -2.85. The van der Waals surface area contributed by atoms with Crippen molar-refractivity contribution in [1.29, 1.82) is 0 Å². The van der Waals surface area contributed by atoms with E-state index in [4.69, 9.17) is 16.6 Å². The van der Waals surface area contributed by atoms with E-state index in [0.29, 0.717) is 17.1 Å². The first-order valence-electron chi connectivity index (χ1n) is 9.87. The number of hydrogen-bond donors (Lipinski definition) is 0. The largest absolute Gasteiger partial charge is 0.357 e. The molecule has 29 heavy (non-hydrogen) atoms. The van der Waals surface area contributed by atoms with E-state index in [-0.39, 0.29) is 5.91 Å². The number of halogens is 1. The predicted octanol–water partition coefficient (Wildman–Crippen LogP) is 5.74. The zero-order chi connectivity index (χ0) is 20.8. The number of amides is 1. The Morgan fingerprint density at radius 2 is 1.62 bits per heavy atom. The predicted molar refractivity (Wildman–Crippen MR) is 121 cm³/mol. The Morgan fingerprint density at radius 3 is 2.28 bits per heavy atom. The molecule has 0 unspecified atom stereocenters. The molecule has 0 fully saturated rings. The van der Waals surface area contributed by atoms with Gasteiger partial charge in [-0.2, -0.15) is 0 Å². The average molecular weight is 408 g/mol. The number of aromatic nitrogens is 1. The first-order chi connectivity index (χ1) is 14.0. The van der Waals surface area contributed by atoms with Crippen molar-refractivity contribution in [3.05, 3.63) is 88.6 Å². The van der Waals surface area contributed by atoms with Crippen LogP contribution in [0.3, 0.4) is 0 Å². The molecule has 0 aliphatic carbocycles. The lowest BCUT2D eigenvalue weighted by Gasteiger charge is -2.25. The third-order valence-corrected chi connectivity index (χ3v) is 5.21. The van der Waals surface area contributed by atoms with E-state index in [1.54, 1.807) is 17.0 Å². The number of carbonyl (C=O) groups is 1. The molecule has 0 spiro atoms. The van der Waals surface area contributed by atoms with Crippen molar-refractivity contribution in [2.75, 3.05) is 22.9 Å². The van der Waals surface area contributed by atoms with Crippen molar-refractivity contribution in [3.63, 3.8) is 0 Å². The minimum absolute atomic E-state index is 0.0551. The lowest BCUT2D eigenvalue weighted by Crippen LogP contribution is -2.31. The van der Waals surface area contributed by atoms with E-state index in [1.807, 2.05) is 61.5 Å². The number of hydrogen-bond acceptors (Lipinski definition) is 3. The summed E-state index contributed by atoms with van der Waals surface area (Å²) in [6.07, 6.45) is 0. The van der Waals surface area contributed by atoms with Crippen molar-refractivity contribution in [2.45, 2.75) is 27.3 Å². The smallest absolute Gasteiger partial charge is 0.258 e. The number of aryl methyl sites for hydroxylation is 1. The fourth-order valence-electron chi connectivity index (χ4n) is 3.30. The molecule has 1 amide bonds. The SMILES string of the molecule is CCN(CC)c1cccc(CN(C(=O)c2ccccc2C)c2ccc(Cl)cc2)n1. The fraction of sp³-hybridized carbons (Fsp3) is 0.250. The summed E-state index contributed by atoms with van der Waals surface area (Å²) in [5, 5.41) is 0.638. The van der Waals surface area contributed by atoms with Crippen LogP contribution in [0.25, 0.3) is 0 Å². The minimum atomic E-state index is -0.0551. The molecule has 0 aliphatic rings. The van der Waals surface area contributed by atoms with Crippen LogP contribution in [0.4, 0.5) is 11.5 Å². The molecule has 0 bridgehead atoms. The van der Waals surface area contributed by atoms with Crippen molar-refractivity contribution >= 4 is 29.0 Å². The van der Waals surface area contributed by atoms with Crippen LogP contribution in [0.15, 0.2) is 66.7 Å². The zero-order valence-electron chi connectivity index (χ0n) is 17.1. The van der Waals surface area contributed by atoms with Crippen molar-refractivity contribution in [3.8, 4) is 0 Å². The van der Waals surface area contributed by atoms with E-state index in [1.165, 1.54) is 0 Å². The van der Waals surface area contributed by atoms with Crippen molar-refractivity contribution < 1.29 is 4.79 Å². The Labute approximate surface area is 177 Å². The molecule has 3 aromatic rings. The normalized spacial score (nSPS) is 10.6. The van der Waals surface area contributed by atoms with Gasteiger partial charge in [-0.15, -0.1) is 0 Å². The Bertz CT molecular complexity index is 968. The molecule has 0 aliphatic heterocycles. The van der Waals surface area contributed by atoms with Gasteiger partial charge in [0.25, 0.3) is 5.91 Å². The van der Waals surface area contributed by atoms with Crippen LogP contribution in [0, 0.1) is 6.92 Å². The summed E-state index contributed by atoms with van der Waals surface area (Å²) >= 11 is 6.06. The molecule has 5 heteroatoms. The van der Waals surface area contributed by atoms with Crippen LogP contribution in [-0.2, 0) is 6.54 Å². The number of nitrogens with zero attached hydrogens (tertiary/aromatic N) is 3. The van der Waals surface area contributed by atoms with Gasteiger partial charge in [-0.1, -0.05) is 35.9 Å². The maximum atomic E-state index is 13.4. The van der Waals surface area contributed by atoms with Gasteiger partial charge in [-0.05, 0) is 68.8 Å². The van der Waals surface area contributed by atoms with Crippen LogP contribution >= 0.6 is 11.6 Å². The Kier molecular flexibility index (Phi) is 6.89. The van der Waals surface area contributed by atoms with Crippen molar-refractivity contribution in [2.24, 2.45) is 0 Å². The van der Waals surface area contributed by atoms with Gasteiger partial charge in [0.05, 0.1) is 12.2 Å². The standard InChI is InChI=1S/C24H26ClN3O/c1-4-27(5-2)23-12-8-10-20(26-23)17-28(21-15-13-19(25)14-16-21)24(29)22-11-7-6-9-18(22)3/h6-16H,4-5,17H2,1-3H3. The third-order valence-electron chi connectivity index (χ3n) is 4.96. The summed E-state index contributed by atoms with van der Waals surface area (Å²) in [6.45, 7) is 8.32. The van der Waals surface area contributed by atoms with Crippen LogP contribution < -0.4 is 9.80 Å². The highest BCUT2D eigenvalue weighted by Crippen LogP contribution is 2.24. The van der Waals surface area contributed by atoms with Gasteiger partial charge in [0, 0.05) is 29.4 Å². The number of carbonyl (C=O) groups excluding carboxylic acids is 1. The molecular formula is C24H26ClN3O. The lowest BCUT2D eigenvalue weighted by atomic mass is 10.1. The number of pyridine rings is 1. The molecule has 2 aromatic carbocycles. The molecule has 0 atom stereocenters. The highest BCUT2D eigenvalue weighted by atomic mass is 35.5. The van der Waals surface area contributed by atoms with Gasteiger partial charge in [-0.25, -0.2) is 4.98 Å². The molecule has 150 valence electrons. The first-order valence-corrected chi connectivity index (χ1v) is 10.2. The second-order valence-corrected chi connectivity index (χ2v) is 7.28. The zero-order valence-corrected chi connectivity index (χ0v) is 17.9. The monoisotopic (exact) mass is 407 g/mol. The summed E-state index contributed by atoms with van der Waals surface area (Å²) in [5.74, 6) is 0.868. The third kappa shape index (κ3) is 4.96. The molecule has 1 aromatic heterocycles. The van der Waals surface area contributed by atoms with Gasteiger partial charge in [0.15, 0.2) is 0 Å². The molecule has 0 radical (unpaired) electrons. The number of rotatable bonds is 7. The molecule has 1 heterocycles. The summed E-state index contributed by atoms with van der Waals surface area (Å²) in [6, 6.07) is 20.9. The fourth-order valence-corrected chi connectivity index (χ4v) is 3.43.